The molecule has 290 valence electrons. The summed E-state index contributed by atoms with van der Waals surface area (Å²) in [6.45, 7) is 0.333. The number of halogens is 4. The Labute approximate surface area is 323 Å². The molecular formula is C43H32F4N2O8. The SMILES string of the molecule is COC(=O)c1ccc(CNC(=O)c2ccc(F)cc2Oc2ccc(F)cc2)cc1.O=C(O)c1ccc(CNC(=O)c2ccc(F)cc2Oc2ccc(F)cc2)cc1. The van der Waals surface area contributed by atoms with E-state index in [0.29, 0.717) is 11.1 Å². The van der Waals surface area contributed by atoms with Gasteiger partial charge < -0.3 is 30.0 Å². The molecule has 0 aliphatic heterocycles. The van der Waals surface area contributed by atoms with Crippen molar-refractivity contribution in [3.05, 3.63) is 190 Å². The standard InChI is InChI=1S/C22H17F2NO4.C21H15F2NO4/c1-28-22(27)15-4-2-14(3-5-15)13-25-21(26)19-11-8-17(24)12-20(19)29-18-9-6-16(23)7-10-18;22-15-5-8-17(9-6-15)28-19-11-16(23)7-10-18(19)20(25)24-12-13-1-3-14(4-2-13)21(26)27/h2-12H,13H2,1H3,(H,25,26);1-11H,12H2,(H,24,25)(H,26,27). The summed E-state index contributed by atoms with van der Waals surface area (Å²) < 4.78 is 69.0. The van der Waals surface area contributed by atoms with Crippen LogP contribution in [0.5, 0.6) is 23.0 Å². The maximum atomic E-state index is 13.7. The predicted octanol–water partition coefficient (Wildman–Crippen LogP) is 8.86. The van der Waals surface area contributed by atoms with E-state index in [1.165, 1.54) is 79.9 Å². The number of nitrogens with one attached hydrogen (secondary N) is 2. The van der Waals surface area contributed by atoms with Crippen LogP contribution in [0, 0.1) is 23.3 Å². The van der Waals surface area contributed by atoms with Crippen LogP contribution in [0.2, 0.25) is 0 Å². The molecule has 0 radical (unpaired) electrons. The number of amides is 2. The monoisotopic (exact) mass is 780 g/mol. The quantitative estimate of drug-likeness (QED) is 0.0827. The highest BCUT2D eigenvalue weighted by Crippen LogP contribution is 2.28. The molecule has 0 heterocycles. The molecule has 0 aliphatic rings. The largest absolute Gasteiger partial charge is 0.478 e. The molecule has 0 aliphatic carbocycles. The zero-order valence-corrected chi connectivity index (χ0v) is 29.9. The van der Waals surface area contributed by atoms with Crippen molar-refractivity contribution >= 4 is 23.8 Å². The topological polar surface area (TPSA) is 140 Å². The summed E-state index contributed by atoms with van der Waals surface area (Å²) in [4.78, 5) is 47.4. The maximum Gasteiger partial charge on any atom is 0.337 e. The number of esters is 1. The Morgan fingerprint density at radius 2 is 0.877 bits per heavy atom. The van der Waals surface area contributed by atoms with Gasteiger partial charge in [-0.15, -0.1) is 0 Å². The smallest absolute Gasteiger partial charge is 0.337 e. The van der Waals surface area contributed by atoms with Gasteiger partial charge in [-0.2, -0.15) is 0 Å². The van der Waals surface area contributed by atoms with Crippen LogP contribution in [0.4, 0.5) is 17.6 Å². The molecule has 0 saturated heterocycles. The zero-order valence-electron chi connectivity index (χ0n) is 29.9. The Hall–Kier alpha value is -7.48. The number of ether oxygens (including phenoxy) is 3. The van der Waals surface area contributed by atoms with Gasteiger partial charge in [0.05, 0.1) is 29.4 Å². The van der Waals surface area contributed by atoms with Crippen LogP contribution in [0.25, 0.3) is 0 Å². The first-order valence-corrected chi connectivity index (χ1v) is 16.9. The molecule has 57 heavy (non-hydrogen) atoms. The first kappa shape index (κ1) is 40.7. The van der Waals surface area contributed by atoms with Crippen molar-refractivity contribution in [2.75, 3.05) is 7.11 Å². The number of hydrogen-bond acceptors (Lipinski definition) is 7. The number of benzene rings is 6. The van der Waals surface area contributed by atoms with Crippen LogP contribution in [0.1, 0.15) is 52.6 Å². The number of aromatic carboxylic acids is 1. The van der Waals surface area contributed by atoms with Gasteiger partial charge >= 0.3 is 11.9 Å². The lowest BCUT2D eigenvalue weighted by molar-refractivity contribution is 0.0599. The lowest BCUT2D eigenvalue weighted by Crippen LogP contribution is -2.23. The number of rotatable bonds is 12. The van der Waals surface area contributed by atoms with Crippen LogP contribution >= 0.6 is 0 Å². The molecule has 6 aromatic carbocycles. The lowest BCUT2D eigenvalue weighted by atomic mass is 10.1. The Bertz CT molecular complexity index is 2350. The minimum absolute atomic E-state index is 0.00895. The minimum Gasteiger partial charge on any atom is -0.478 e. The van der Waals surface area contributed by atoms with Crippen LogP contribution in [0.15, 0.2) is 133 Å². The zero-order chi connectivity index (χ0) is 40.9. The second kappa shape index (κ2) is 19.2. The van der Waals surface area contributed by atoms with Crippen molar-refractivity contribution in [2.45, 2.75) is 13.1 Å². The number of carboxylic acids is 1. The summed E-state index contributed by atoms with van der Waals surface area (Å²) in [6.07, 6.45) is 0. The van der Waals surface area contributed by atoms with Gasteiger partial charge in [-0.3, -0.25) is 9.59 Å². The molecule has 0 saturated carbocycles. The highest BCUT2D eigenvalue weighted by Gasteiger charge is 2.17. The number of methoxy groups -OCH3 is 1. The van der Waals surface area contributed by atoms with E-state index in [4.69, 9.17) is 14.6 Å². The second-order valence-electron chi connectivity index (χ2n) is 11.9. The molecular weight excluding hydrogens is 748 g/mol. The van der Waals surface area contributed by atoms with Gasteiger partial charge in [-0.1, -0.05) is 24.3 Å². The van der Waals surface area contributed by atoms with Gasteiger partial charge in [0.2, 0.25) is 0 Å². The van der Waals surface area contributed by atoms with Crippen LogP contribution in [-0.4, -0.2) is 36.0 Å². The van der Waals surface area contributed by atoms with E-state index >= 15 is 0 Å². The van der Waals surface area contributed by atoms with Gasteiger partial charge in [0.15, 0.2) is 0 Å². The normalized spacial score (nSPS) is 10.3. The van der Waals surface area contributed by atoms with E-state index < -0.39 is 47.0 Å². The molecule has 14 heteroatoms. The number of carbonyl (C=O) groups is 4. The van der Waals surface area contributed by atoms with E-state index in [9.17, 15) is 36.7 Å². The Kier molecular flexibility index (Phi) is 13.7. The summed E-state index contributed by atoms with van der Waals surface area (Å²) in [5.41, 5.74) is 2.23. The fourth-order valence-electron chi connectivity index (χ4n) is 4.99. The summed E-state index contributed by atoms with van der Waals surface area (Å²) in [6, 6.07) is 29.9. The molecule has 10 nitrogen and oxygen atoms in total. The summed E-state index contributed by atoms with van der Waals surface area (Å²) >= 11 is 0. The van der Waals surface area contributed by atoms with E-state index in [-0.39, 0.29) is 52.8 Å². The third kappa shape index (κ3) is 11.8. The molecule has 6 aromatic rings. The van der Waals surface area contributed by atoms with Crippen molar-refractivity contribution in [3.63, 3.8) is 0 Å². The molecule has 0 unspecified atom stereocenters. The van der Waals surface area contributed by atoms with Gasteiger partial charge in [0.1, 0.15) is 46.3 Å². The van der Waals surface area contributed by atoms with Gasteiger partial charge in [0.25, 0.3) is 11.8 Å². The van der Waals surface area contributed by atoms with E-state index in [1.54, 1.807) is 36.4 Å². The Morgan fingerprint density at radius 3 is 1.25 bits per heavy atom. The molecule has 3 N–H and O–H groups in total. The van der Waals surface area contributed by atoms with E-state index in [0.717, 1.165) is 29.8 Å². The molecule has 0 spiro atoms. The van der Waals surface area contributed by atoms with Crippen molar-refractivity contribution in [1.29, 1.82) is 0 Å². The van der Waals surface area contributed by atoms with Crippen LogP contribution < -0.4 is 20.1 Å². The van der Waals surface area contributed by atoms with Gasteiger partial charge in [0, 0.05) is 25.2 Å². The van der Waals surface area contributed by atoms with Crippen LogP contribution in [-0.2, 0) is 17.8 Å². The lowest BCUT2D eigenvalue weighted by Gasteiger charge is -2.12. The highest BCUT2D eigenvalue weighted by atomic mass is 19.1. The van der Waals surface area contributed by atoms with Crippen molar-refractivity contribution < 1.29 is 56.1 Å². The third-order valence-electron chi connectivity index (χ3n) is 7.94. The fraction of sp³-hybridized carbons (Fsp3) is 0.0698. The van der Waals surface area contributed by atoms with Gasteiger partial charge in [-0.25, -0.2) is 27.2 Å². The molecule has 0 bridgehead atoms. The van der Waals surface area contributed by atoms with Crippen molar-refractivity contribution in [2.24, 2.45) is 0 Å². The Morgan fingerprint density at radius 1 is 0.509 bits per heavy atom. The van der Waals surface area contributed by atoms with Gasteiger partial charge in [-0.05, 0) is 108 Å². The molecule has 0 fully saturated rings. The molecule has 6 rings (SSSR count). The summed E-state index contributed by atoms with van der Waals surface area (Å²) in [5, 5.41) is 14.3. The van der Waals surface area contributed by atoms with E-state index in [2.05, 4.69) is 15.4 Å². The first-order chi connectivity index (χ1) is 27.4. The minimum atomic E-state index is -1.04. The predicted molar refractivity (Wildman–Crippen MR) is 199 cm³/mol. The second-order valence-corrected chi connectivity index (χ2v) is 11.9. The van der Waals surface area contributed by atoms with Crippen molar-refractivity contribution in [3.8, 4) is 23.0 Å². The third-order valence-corrected chi connectivity index (χ3v) is 7.94. The number of carboxylic acid groups (broad SMARTS) is 1. The Balaban J connectivity index is 0.000000218. The maximum absolute atomic E-state index is 13.7. The molecule has 0 atom stereocenters. The first-order valence-electron chi connectivity index (χ1n) is 16.9. The average molecular weight is 781 g/mol. The number of carbonyl (C=O) groups excluding carboxylic acids is 3. The van der Waals surface area contributed by atoms with Crippen molar-refractivity contribution in [1.82, 2.24) is 10.6 Å². The van der Waals surface area contributed by atoms with E-state index in [1.807, 2.05) is 0 Å². The molecule has 2 amide bonds. The summed E-state index contributed by atoms with van der Waals surface area (Å²) in [5.74, 6) is -3.98. The summed E-state index contributed by atoms with van der Waals surface area (Å²) in [7, 11) is 1.30. The molecule has 0 aromatic heterocycles. The highest BCUT2D eigenvalue weighted by molar-refractivity contribution is 5.97. The van der Waals surface area contributed by atoms with Crippen LogP contribution in [0.3, 0.4) is 0 Å². The fourth-order valence-corrected chi connectivity index (χ4v) is 4.99. The number of hydrogen-bond donors (Lipinski definition) is 3. The average Bonchev–Trinajstić information content (AvgIpc) is 3.21.